The molecule has 1 N–H and O–H groups in total. The number of carbonyl (C=O) groups excluding carboxylic acids is 2. The van der Waals surface area contributed by atoms with Crippen LogP contribution in [0.5, 0.6) is 0 Å². The molecule has 0 aromatic rings. The van der Waals surface area contributed by atoms with Gasteiger partial charge in [-0.1, -0.05) is 0 Å². The Kier molecular flexibility index (Phi) is 3.38. The Morgan fingerprint density at radius 1 is 1.47 bits per heavy atom. The zero-order valence-corrected chi connectivity index (χ0v) is 10.5. The van der Waals surface area contributed by atoms with Gasteiger partial charge in [-0.3, -0.25) is 9.59 Å². The van der Waals surface area contributed by atoms with E-state index in [1.54, 1.807) is 4.90 Å². The Morgan fingerprint density at radius 3 is 2.76 bits per heavy atom. The summed E-state index contributed by atoms with van der Waals surface area (Å²) in [6.45, 7) is 5.55. The summed E-state index contributed by atoms with van der Waals surface area (Å²) in [6.07, 6.45) is 2.06. The first-order valence-corrected chi connectivity index (χ1v) is 6.26. The molecule has 5 heteroatoms. The lowest BCUT2D eigenvalue weighted by molar-refractivity contribution is -0.150. The minimum atomic E-state index is -0.679. The van der Waals surface area contributed by atoms with E-state index in [9.17, 15) is 9.59 Å². The highest BCUT2D eigenvalue weighted by molar-refractivity contribution is 5.98. The van der Waals surface area contributed by atoms with Crippen molar-refractivity contribution in [2.24, 2.45) is 5.92 Å². The number of nitrogens with one attached hydrogen (secondary N) is 1. The van der Waals surface area contributed by atoms with Crippen LogP contribution >= 0.6 is 0 Å². The fourth-order valence-corrected chi connectivity index (χ4v) is 2.39. The number of amides is 2. The van der Waals surface area contributed by atoms with Crippen LogP contribution in [0.1, 0.15) is 26.7 Å². The van der Waals surface area contributed by atoms with Crippen molar-refractivity contribution in [1.82, 2.24) is 10.2 Å². The molecule has 1 unspecified atom stereocenters. The Labute approximate surface area is 101 Å². The molecule has 1 saturated carbocycles. The molecule has 2 amide bonds. The summed E-state index contributed by atoms with van der Waals surface area (Å²) in [6, 6.07) is 0. The minimum absolute atomic E-state index is 0.0410. The van der Waals surface area contributed by atoms with Crippen LogP contribution in [-0.4, -0.2) is 48.6 Å². The highest BCUT2D eigenvalue weighted by atomic mass is 16.5. The molecule has 0 aromatic carbocycles. The largest absolute Gasteiger partial charge is 0.380 e. The average Bonchev–Trinajstić information content (AvgIpc) is 3.09. The van der Waals surface area contributed by atoms with Gasteiger partial charge in [-0.05, 0) is 32.6 Å². The van der Waals surface area contributed by atoms with Crippen LogP contribution < -0.4 is 5.32 Å². The van der Waals surface area contributed by atoms with Crippen molar-refractivity contribution in [2.75, 3.05) is 26.3 Å². The van der Waals surface area contributed by atoms with Gasteiger partial charge >= 0.3 is 0 Å². The predicted molar refractivity (Wildman–Crippen MR) is 62.3 cm³/mol. The van der Waals surface area contributed by atoms with E-state index in [4.69, 9.17) is 4.74 Å². The van der Waals surface area contributed by atoms with Gasteiger partial charge in [0.05, 0.1) is 13.2 Å². The van der Waals surface area contributed by atoms with E-state index in [1.165, 1.54) is 0 Å². The normalized spacial score (nSPS) is 29.4. The molecular formula is C12H20N2O3. The maximum atomic E-state index is 12.3. The highest BCUT2D eigenvalue weighted by Gasteiger charge is 2.52. The van der Waals surface area contributed by atoms with Gasteiger partial charge in [0, 0.05) is 13.2 Å². The summed E-state index contributed by atoms with van der Waals surface area (Å²) >= 11 is 0. The molecule has 5 nitrogen and oxygen atoms in total. The highest BCUT2D eigenvalue weighted by Crippen LogP contribution is 2.41. The topological polar surface area (TPSA) is 58.6 Å². The molecule has 1 atom stereocenters. The van der Waals surface area contributed by atoms with E-state index in [0.29, 0.717) is 25.7 Å². The van der Waals surface area contributed by atoms with E-state index >= 15 is 0 Å². The lowest BCUT2D eigenvalue weighted by Crippen LogP contribution is -2.66. The number of piperazine rings is 1. The van der Waals surface area contributed by atoms with Gasteiger partial charge in [-0.2, -0.15) is 0 Å². The van der Waals surface area contributed by atoms with Crippen LogP contribution in [0.4, 0.5) is 0 Å². The third-order valence-electron chi connectivity index (χ3n) is 3.57. The van der Waals surface area contributed by atoms with Crippen LogP contribution in [0.2, 0.25) is 0 Å². The molecule has 1 heterocycles. The number of hydrogen-bond acceptors (Lipinski definition) is 3. The Balaban J connectivity index is 2.01. The molecule has 1 aliphatic carbocycles. The minimum Gasteiger partial charge on any atom is -0.380 e. The summed E-state index contributed by atoms with van der Waals surface area (Å²) in [5, 5.41) is 2.85. The van der Waals surface area contributed by atoms with Crippen molar-refractivity contribution in [3.63, 3.8) is 0 Å². The first-order valence-electron chi connectivity index (χ1n) is 6.26. The Morgan fingerprint density at radius 2 is 2.18 bits per heavy atom. The molecule has 2 aliphatic rings. The van der Waals surface area contributed by atoms with E-state index in [-0.39, 0.29) is 18.4 Å². The third kappa shape index (κ3) is 2.44. The molecule has 1 aliphatic heterocycles. The second kappa shape index (κ2) is 4.64. The molecule has 0 bridgehead atoms. The molecule has 0 radical (unpaired) electrons. The first-order chi connectivity index (χ1) is 8.08. The number of hydrogen-bond donors (Lipinski definition) is 1. The predicted octanol–water partition coefficient (Wildman–Crippen LogP) is 0.150. The summed E-state index contributed by atoms with van der Waals surface area (Å²) in [7, 11) is 0. The second-order valence-electron chi connectivity index (χ2n) is 4.95. The summed E-state index contributed by atoms with van der Waals surface area (Å²) in [5.41, 5.74) is -0.679. The summed E-state index contributed by atoms with van der Waals surface area (Å²) in [4.78, 5) is 25.6. The van der Waals surface area contributed by atoms with E-state index < -0.39 is 5.54 Å². The summed E-state index contributed by atoms with van der Waals surface area (Å²) in [5.74, 6) is 0.295. The molecule has 0 aromatic heterocycles. The Bertz CT molecular complexity index is 328. The molecule has 2 fully saturated rings. The van der Waals surface area contributed by atoms with Gasteiger partial charge in [-0.25, -0.2) is 0 Å². The fraction of sp³-hybridized carbons (Fsp3) is 0.833. The smallest absolute Gasteiger partial charge is 0.248 e. The summed E-state index contributed by atoms with van der Waals surface area (Å²) < 4.78 is 5.24. The van der Waals surface area contributed by atoms with Gasteiger partial charge in [0.1, 0.15) is 5.54 Å². The number of rotatable bonds is 5. The lowest BCUT2D eigenvalue weighted by atomic mass is 9.91. The van der Waals surface area contributed by atoms with Gasteiger partial charge in [0.15, 0.2) is 0 Å². The van der Waals surface area contributed by atoms with Crippen LogP contribution in [-0.2, 0) is 14.3 Å². The van der Waals surface area contributed by atoms with Crippen molar-refractivity contribution in [3.05, 3.63) is 0 Å². The van der Waals surface area contributed by atoms with Gasteiger partial charge in [0.2, 0.25) is 11.8 Å². The van der Waals surface area contributed by atoms with Gasteiger partial charge in [-0.15, -0.1) is 0 Å². The third-order valence-corrected chi connectivity index (χ3v) is 3.57. The molecule has 0 spiro atoms. The number of nitrogens with zero attached hydrogens (tertiary/aromatic N) is 1. The Hall–Kier alpha value is -1.10. The van der Waals surface area contributed by atoms with Crippen LogP contribution in [0.15, 0.2) is 0 Å². The zero-order chi connectivity index (χ0) is 12.5. The average molecular weight is 240 g/mol. The maximum absolute atomic E-state index is 12.3. The van der Waals surface area contributed by atoms with Crippen LogP contribution in [0, 0.1) is 5.92 Å². The van der Waals surface area contributed by atoms with Crippen molar-refractivity contribution in [1.29, 1.82) is 0 Å². The quantitative estimate of drug-likeness (QED) is 0.696. The van der Waals surface area contributed by atoms with Crippen LogP contribution in [0.25, 0.3) is 0 Å². The van der Waals surface area contributed by atoms with Crippen molar-refractivity contribution in [3.8, 4) is 0 Å². The fourth-order valence-electron chi connectivity index (χ4n) is 2.39. The first kappa shape index (κ1) is 12.4. The van der Waals surface area contributed by atoms with Gasteiger partial charge < -0.3 is 15.0 Å². The second-order valence-corrected chi connectivity index (χ2v) is 4.95. The monoisotopic (exact) mass is 240 g/mol. The molecule has 96 valence electrons. The van der Waals surface area contributed by atoms with Crippen molar-refractivity contribution < 1.29 is 14.3 Å². The molecule has 2 rings (SSSR count). The SMILES string of the molecule is CCOCCN1CC(=O)NC(C)(C2CC2)C1=O. The molecule has 17 heavy (non-hydrogen) atoms. The van der Waals surface area contributed by atoms with Crippen LogP contribution in [0.3, 0.4) is 0 Å². The molecule has 1 saturated heterocycles. The maximum Gasteiger partial charge on any atom is 0.248 e. The molecular weight excluding hydrogens is 220 g/mol. The number of ether oxygens (including phenoxy) is 1. The standard InChI is InChI=1S/C12H20N2O3/c1-3-17-7-6-14-8-10(15)13-12(2,11(14)16)9-4-5-9/h9H,3-8H2,1-2H3,(H,13,15). The van der Waals surface area contributed by atoms with E-state index in [2.05, 4.69) is 5.32 Å². The van der Waals surface area contributed by atoms with Crippen molar-refractivity contribution in [2.45, 2.75) is 32.2 Å². The zero-order valence-electron chi connectivity index (χ0n) is 10.5. The van der Waals surface area contributed by atoms with Crippen molar-refractivity contribution >= 4 is 11.8 Å². The van der Waals surface area contributed by atoms with E-state index in [0.717, 1.165) is 12.8 Å². The van der Waals surface area contributed by atoms with Gasteiger partial charge in [0.25, 0.3) is 0 Å². The number of carbonyl (C=O) groups is 2. The van der Waals surface area contributed by atoms with E-state index in [1.807, 2.05) is 13.8 Å². The lowest BCUT2D eigenvalue weighted by Gasteiger charge is -2.40.